The van der Waals surface area contributed by atoms with Gasteiger partial charge in [-0.3, -0.25) is 0 Å². The molecule has 0 N–H and O–H groups in total. The van der Waals surface area contributed by atoms with Gasteiger partial charge in [0.05, 0.1) is 0 Å². The Morgan fingerprint density at radius 3 is 1.47 bits per heavy atom. The number of diazo groups is 1. The highest BCUT2D eigenvalue weighted by molar-refractivity contribution is 6.05. The van der Waals surface area contributed by atoms with Crippen molar-refractivity contribution in [2.45, 2.75) is 0 Å². The van der Waals surface area contributed by atoms with E-state index in [2.05, 4.69) is 5.08 Å². The standard InChI is InChI=1S/C14H10N3/c15-16-17-13(11-7-3-1-4-8-11)14(17)12-9-5-2-6-10-12/h1-10H/q+1. The summed E-state index contributed by atoms with van der Waals surface area (Å²) >= 11 is 0. The van der Waals surface area contributed by atoms with Crippen LogP contribution in [-0.4, -0.2) is 5.01 Å². The second kappa shape index (κ2) is 3.76. The molecule has 0 saturated heterocycles. The van der Waals surface area contributed by atoms with Crippen LogP contribution in [0.4, 0.5) is 0 Å². The first kappa shape index (κ1) is 9.61. The molecule has 1 aliphatic heterocycles. The first-order chi connectivity index (χ1) is 8.42. The van der Waals surface area contributed by atoms with Gasteiger partial charge in [0.15, 0.2) is 11.4 Å². The van der Waals surface area contributed by atoms with E-state index in [0.717, 1.165) is 22.5 Å². The molecule has 0 spiro atoms. The van der Waals surface area contributed by atoms with Crippen LogP contribution in [0.5, 0.6) is 0 Å². The number of rotatable bonds is 2. The first-order valence-electron chi connectivity index (χ1n) is 5.42. The van der Waals surface area contributed by atoms with Crippen molar-refractivity contribution in [2.75, 3.05) is 0 Å². The lowest BCUT2D eigenvalue weighted by atomic mass is 10.1. The monoisotopic (exact) mass is 220 g/mol. The van der Waals surface area contributed by atoms with Crippen molar-refractivity contribution in [3.63, 3.8) is 0 Å². The second-order valence-corrected chi connectivity index (χ2v) is 3.83. The molecular formula is C14H10N3+. The van der Waals surface area contributed by atoms with Crippen molar-refractivity contribution < 1.29 is 0 Å². The molecule has 80 valence electrons. The molecule has 3 nitrogen and oxygen atoms in total. The van der Waals surface area contributed by atoms with E-state index in [1.54, 1.807) is 5.01 Å². The summed E-state index contributed by atoms with van der Waals surface area (Å²) in [5, 5.41) is 13.8. The molecule has 2 aromatic rings. The molecule has 17 heavy (non-hydrogen) atoms. The summed E-state index contributed by atoms with van der Waals surface area (Å²) in [7, 11) is 0. The van der Waals surface area contributed by atoms with E-state index in [-0.39, 0.29) is 0 Å². The molecular weight excluding hydrogens is 210 g/mol. The zero-order valence-electron chi connectivity index (χ0n) is 9.12. The fourth-order valence-corrected chi connectivity index (χ4v) is 1.96. The highest BCUT2D eigenvalue weighted by atomic mass is 15.6. The Balaban J connectivity index is 2.05. The number of nitrogens with zero attached hydrogens (tertiary/aromatic N) is 3. The van der Waals surface area contributed by atoms with E-state index in [1.807, 2.05) is 60.7 Å². The Morgan fingerprint density at radius 1 is 0.706 bits per heavy atom. The van der Waals surface area contributed by atoms with E-state index in [0.29, 0.717) is 0 Å². The molecule has 3 heteroatoms. The molecule has 0 bridgehead atoms. The molecule has 0 aromatic heterocycles. The summed E-state index contributed by atoms with van der Waals surface area (Å²) in [5.41, 5.74) is 4.03. The summed E-state index contributed by atoms with van der Waals surface area (Å²) in [4.78, 5) is 0. The lowest BCUT2D eigenvalue weighted by Crippen LogP contribution is -1.86. The maximum absolute atomic E-state index is 8.98. The molecule has 0 amide bonds. The highest BCUT2D eigenvalue weighted by Crippen LogP contribution is 2.47. The predicted octanol–water partition coefficient (Wildman–Crippen LogP) is 3.60. The van der Waals surface area contributed by atoms with Crippen LogP contribution in [0.25, 0.3) is 16.5 Å². The van der Waals surface area contributed by atoms with Gasteiger partial charge < -0.3 is 0 Å². The van der Waals surface area contributed by atoms with E-state index < -0.39 is 0 Å². The number of benzene rings is 2. The third-order valence-electron chi connectivity index (χ3n) is 2.78. The minimum Gasteiger partial charge on any atom is -0.0622 e. The molecule has 0 aliphatic carbocycles. The normalized spacial score (nSPS) is 13.5. The van der Waals surface area contributed by atoms with E-state index >= 15 is 0 Å². The van der Waals surface area contributed by atoms with Crippen LogP contribution in [0.1, 0.15) is 11.1 Å². The summed E-state index contributed by atoms with van der Waals surface area (Å²) < 4.78 is 0. The van der Waals surface area contributed by atoms with Crippen molar-refractivity contribution in [3.8, 4) is 0 Å². The zero-order chi connectivity index (χ0) is 11.7. The minimum atomic E-state index is 0.958. The van der Waals surface area contributed by atoms with Crippen LogP contribution in [-0.2, 0) is 0 Å². The van der Waals surface area contributed by atoms with E-state index in [4.69, 9.17) is 5.39 Å². The fraction of sp³-hybridized carbons (Fsp3) is 0. The quantitative estimate of drug-likeness (QED) is 0.724. The Labute approximate surface area is 99.2 Å². The lowest BCUT2D eigenvalue weighted by molar-refractivity contribution is 0.834. The van der Waals surface area contributed by atoms with Crippen LogP contribution in [0.3, 0.4) is 0 Å². The van der Waals surface area contributed by atoms with Gasteiger partial charge in [-0.1, -0.05) is 60.7 Å². The van der Waals surface area contributed by atoms with Crippen molar-refractivity contribution >= 4 is 11.4 Å². The third kappa shape index (κ3) is 1.56. The van der Waals surface area contributed by atoms with Crippen LogP contribution < -0.4 is 0 Å². The Kier molecular flexibility index (Phi) is 2.13. The van der Waals surface area contributed by atoms with Crippen molar-refractivity contribution in [1.29, 1.82) is 5.39 Å². The fourth-order valence-electron chi connectivity index (χ4n) is 1.96. The maximum Gasteiger partial charge on any atom is 0.316 e. The van der Waals surface area contributed by atoms with Crippen molar-refractivity contribution in [1.82, 2.24) is 5.01 Å². The molecule has 0 unspecified atom stereocenters. The average Bonchev–Trinajstić information content (AvgIpc) is 3.15. The van der Waals surface area contributed by atoms with Crippen molar-refractivity contribution in [2.24, 2.45) is 0 Å². The van der Waals surface area contributed by atoms with E-state index in [9.17, 15) is 0 Å². The van der Waals surface area contributed by atoms with Gasteiger partial charge in [-0.2, -0.15) is 0 Å². The van der Waals surface area contributed by atoms with Crippen molar-refractivity contribution in [3.05, 3.63) is 76.9 Å². The Morgan fingerprint density at radius 2 is 1.12 bits per heavy atom. The largest absolute Gasteiger partial charge is 0.316 e. The minimum absolute atomic E-state index is 0.958. The van der Waals surface area contributed by atoms with Gasteiger partial charge in [0.1, 0.15) is 0 Å². The van der Waals surface area contributed by atoms with Crippen LogP contribution in [0, 0.1) is 5.39 Å². The summed E-state index contributed by atoms with van der Waals surface area (Å²) in [6.07, 6.45) is 0. The highest BCUT2D eigenvalue weighted by Gasteiger charge is 2.46. The summed E-state index contributed by atoms with van der Waals surface area (Å²) in [6, 6.07) is 19.8. The van der Waals surface area contributed by atoms with Gasteiger partial charge in [0, 0.05) is 16.1 Å². The van der Waals surface area contributed by atoms with Gasteiger partial charge in [0.25, 0.3) is 5.39 Å². The second-order valence-electron chi connectivity index (χ2n) is 3.83. The van der Waals surface area contributed by atoms with Gasteiger partial charge in [-0.15, -0.1) is 0 Å². The summed E-state index contributed by atoms with van der Waals surface area (Å²) in [5.74, 6) is 0. The Bertz CT molecular complexity index is 559. The first-order valence-corrected chi connectivity index (χ1v) is 5.42. The predicted molar refractivity (Wildman–Crippen MR) is 66.6 cm³/mol. The van der Waals surface area contributed by atoms with Crippen LogP contribution in [0.15, 0.2) is 60.7 Å². The lowest BCUT2D eigenvalue weighted by Gasteiger charge is -1.87. The van der Waals surface area contributed by atoms with Crippen LogP contribution >= 0.6 is 0 Å². The van der Waals surface area contributed by atoms with Gasteiger partial charge >= 0.3 is 5.08 Å². The number of hydrogen-bond acceptors (Lipinski definition) is 2. The van der Waals surface area contributed by atoms with Gasteiger partial charge in [-0.05, 0) is 0 Å². The average molecular weight is 220 g/mol. The molecule has 0 fully saturated rings. The SMILES string of the molecule is N#[N+]N1C(c2ccccc2)=C1c1ccccc1. The molecule has 1 aliphatic rings. The maximum atomic E-state index is 8.98. The molecule has 0 saturated carbocycles. The third-order valence-corrected chi connectivity index (χ3v) is 2.78. The molecule has 3 rings (SSSR count). The molecule has 1 heterocycles. The van der Waals surface area contributed by atoms with Gasteiger partial charge in [0.2, 0.25) is 0 Å². The number of hydrogen-bond donors (Lipinski definition) is 0. The zero-order valence-corrected chi connectivity index (χ0v) is 9.12. The summed E-state index contributed by atoms with van der Waals surface area (Å²) in [6.45, 7) is 0. The van der Waals surface area contributed by atoms with Crippen LogP contribution in [0.2, 0.25) is 0 Å². The molecule has 0 radical (unpaired) electrons. The van der Waals surface area contributed by atoms with E-state index in [1.165, 1.54) is 0 Å². The molecule has 0 atom stereocenters. The van der Waals surface area contributed by atoms with Gasteiger partial charge in [-0.25, -0.2) is 0 Å². The Hall–Kier alpha value is -2.60. The topological polar surface area (TPSA) is 31.2 Å². The smallest absolute Gasteiger partial charge is 0.0622 e. The molecule has 2 aromatic carbocycles.